The summed E-state index contributed by atoms with van der Waals surface area (Å²) in [6, 6.07) is 14.7. The van der Waals surface area contributed by atoms with Crippen LogP contribution in [-0.4, -0.2) is 51.8 Å². The highest BCUT2D eigenvalue weighted by Crippen LogP contribution is 2.27. The Morgan fingerprint density at radius 1 is 0.935 bits per heavy atom. The van der Waals surface area contributed by atoms with E-state index in [-0.39, 0.29) is 24.0 Å². The second-order valence-electron chi connectivity index (χ2n) is 7.21. The Morgan fingerprint density at radius 3 is 2.35 bits per heavy atom. The number of guanidine groups is 1. The Labute approximate surface area is 204 Å². The van der Waals surface area contributed by atoms with E-state index in [4.69, 9.17) is 14.5 Å². The predicted molar refractivity (Wildman–Crippen MR) is 140 cm³/mol. The van der Waals surface area contributed by atoms with Crippen LogP contribution in [-0.2, 0) is 19.5 Å². The third-order valence-corrected chi connectivity index (χ3v) is 4.90. The molecule has 0 saturated carbocycles. The van der Waals surface area contributed by atoms with Crippen molar-refractivity contribution in [3.05, 3.63) is 59.2 Å². The summed E-state index contributed by atoms with van der Waals surface area (Å²) in [5.41, 5.74) is 3.72. The molecule has 0 unspecified atom stereocenters. The molecule has 7 heteroatoms. The maximum Gasteiger partial charge on any atom is 0.191 e. The SMILES string of the molecule is CCNC(=NCc1cccc(CN(C)CC)c1)NCCc1ccc(OC)c(OC)c1.I. The van der Waals surface area contributed by atoms with Gasteiger partial charge in [0, 0.05) is 19.6 Å². The van der Waals surface area contributed by atoms with Gasteiger partial charge >= 0.3 is 0 Å². The van der Waals surface area contributed by atoms with Gasteiger partial charge in [0.25, 0.3) is 0 Å². The minimum Gasteiger partial charge on any atom is -0.493 e. The van der Waals surface area contributed by atoms with E-state index < -0.39 is 0 Å². The number of hydrogen-bond donors (Lipinski definition) is 2. The first-order chi connectivity index (χ1) is 14.6. The van der Waals surface area contributed by atoms with Crippen LogP contribution in [0, 0.1) is 0 Å². The van der Waals surface area contributed by atoms with Gasteiger partial charge in [-0.15, -0.1) is 24.0 Å². The monoisotopic (exact) mass is 540 g/mol. The molecule has 2 N–H and O–H groups in total. The number of halogens is 1. The number of nitrogens with one attached hydrogen (secondary N) is 2. The zero-order valence-corrected chi connectivity index (χ0v) is 21.7. The maximum absolute atomic E-state index is 5.39. The number of aliphatic imine (C=N–C) groups is 1. The molecule has 2 rings (SSSR count). The van der Waals surface area contributed by atoms with E-state index >= 15 is 0 Å². The molecule has 0 radical (unpaired) electrons. The van der Waals surface area contributed by atoms with Crippen molar-refractivity contribution in [2.75, 3.05) is 40.9 Å². The molecular weight excluding hydrogens is 503 g/mol. The minimum atomic E-state index is 0. The van der Waals surface area contributed by atoms with Crippen molar-refractivity contribution >= 4 is 29.9 Å². The lowest BCUT2D eigenvalue weighted by Crippen LogP contribution is -2.38. The van der Waals surface area contributed by atoms with Gasteiger partial charge in [0.15, 0.2) is 17.5 Å². The lowest BCUT2D eigenvalue weighted by atomic mass is 10.1. The van der Waals surface area contributed by atoms with Crippen LogP contribution < -0.4 is 20.1 Å². The topological polar surface area (TPSA) is 58.1 Å². The fourth-order valence-electron chi connectivity index (χ4n) is 3.12. The zero-order chi connectivity index (χ0) is 21.8. The highest BCUT2D eigenvalue weighted by atomic mass is 127. The number of rotatable bonds is 11. The fourth-order valence-corrected chi connectivity index (χ4v) is 3.12. The summed E-state index contributed by atoms with van der Waals surface area (Å²) in [6.07, 6.45) is 0.865. The second kappa shape index (κ2) is 14.9. The summed E-state index contributed by atoms with van der Waals surface area (Å²) < 4.78 is 10.7. The summed E-state index contributed by atoms with van der Waals surface area (Å²) in [5.74, 6) is 2.33. The molecule has 2 aromatic carbocycles. The zero-order valence-electron chi connectivity index (χ0n) is 19.4. The van der Waals surface area contributed by atoms with E-state index in [0.29, 0.717) is 6.54 Å². The Balaban J connectivity index is 0.00000480. The number of methoxy groups -OCH3 is 2. The van der Waals surface area contributed by atoms with Gasteiger partial charge in [0.05, 0.1) is 20.8 Å². The molecule has 6 nitrogen and oxygen atoms in total. The molecule has 0 atom stereocenters. The summed E-state index contributed by atoms with van der Waals surface area (Å²) in [4.78, 5) is 7.05. The summed E-state index contributed by atoms with van der Waals surface area (Å²) in [5, 5.41) is 6.74. The van der Waals surface area contributed by atoms with Gasteiger partial charge in [0.1, 0.15) is 0 Å². The molecule has 0 bridgehead atoms. The maximum atomic E-state index is 5.39. The molecule has 0 heterocycles. The number of nitrogens with zero attached hydrogens (tertiary/aromatic N) is 2. The largest absolute Gasteiger partial charge is 0.493 e. The van der Waals surface area contributed by atoms with Crippen molar-refractivity contribution in [3.63, 3.8) is 0 Å². The average Bonchev–Trinajstić information content (AvgIpc) is 2.77. The van der Waals surface area contributed by atoms with Gasteiger partial charge in [-0.25, -0.2) is 4.99 Å². The normalized spacial score (nSPS) is 11.1. The molecule has 0 fully saturated rings. The molecule has 0 aromatic heterocycles. The summed E-state index contributed by atoms with van der Waals surface area (Å²) in [6.45, 7) is 8.49. The third-order valence-electron chi connectivity index (χ3n) is 4.90. The molecule has 2 aromatic rings. The smallest absolute Gasteiger partial charge is 0.191 e. The van der Waals surface area contributed by atoms with Crippen LogP contribution in [0.1, 0.15) is 30.5 Å². The number of hydrogen-bond acceptors (Lipinski definition) is 4. The average molecular weight is 540 g/mol. The molecule has 0 amide bonds. The van der Waals surface area contributed by atoms with E-state index in [0.717, 1.165) is 50.1 Å². The lowest BCUT2D eigenvalue weighted by Gasteiger charge is -2.14. The standard InChI is InChI=1S/C24H36N4O2.HI/c1-6-25-24(26-14-13-19-11-12-22(29-4)23(16-19)30-5)27-17-20-9-8-10-21(15-20)18-28(3)7-2;/h8-12,15-16H,6-7,13-14,17-18H2,1-5H3,(H2,25,26,27);1H. The first kappa shape index (κ1) is 27.0. The van der Waals surface area contributed by atoms with Crippen LogP contribution in [0.15, 0.2) is 47.5 Å². The van der Waals surface area contributed by atoms with Crippen molar-refractivity contribution in [1.29, 1.82) is 0 Å². The fraction of sp³-hybridized carbons (Fsp3) is 0.458. The van der Waals surface area contributed by atoms with Gasteiger partial charge in [-0.2, -0.15) is 0 Å². The van der Waals surface area contributed by atoms with E-state index in [9.17, 15) is 0 Å². The number of ether oxygens (including phenoxy) is 2. The van der Waals surface area contributed by atoms with Crippen LogP contribution in [0.3, 0.4) is 0 Å². The Bertz CT molecular complexity index is 814. The van der Waals surface area contributed by atoms with Crippen molar-refractivity contribution < 1.29 is 9.47 Å². The van der Waals surface area contributed by atoms with Crippen molar-refractivity contribution in [3.8, 4) is 11.5 Å². The van der Waals surface area contributed by atoms with Gasteiger partial charge in [-0.05, 0) is 55.8 Å². The molecule has 0 spiro atoms. The second-order valence-corrected chi connectivity index (χ2v) is 7.21. The van der Waals surface area contributed by atoms with E-state index in [1.807, 2.05) is 12.1 Å². The molecule has 31 heavy (non-hydrogen) atoms. The van der Waals surface area contributed by atoms with Crippen molar-refractivity contribution in [2.45, 2.75) is 33.4 Å². The molecule has 172 valence electrons. The highest BCUT2D eigenvalue weighted by molar-refractivity contribution is 14.0. The highest BCUT2D eigenvalue weighted by Gasteiger charge is 2.05. The minimum absolute atomic E-state index is 0. The molecule has 0 aliphatic rings. The Kier molecular flexibility index (Phi) is 13.0. The van der Waals surface area contributed by atoms with Crippen LogP contribution in [0.25, 0.3) is 0 Å². The first-order valence-electron chi connectivity index (χ1n) is 10.6. The van der Waals surface area contributed by atoms with Crippen LogP contribution in [0.5, 0.6) is 11.5 Å². The van der Waals surface area contributed by atoms with E-state index in [2.05, 4.69) is 66.8 Å². The molecular formula is C24H37IN4O2. The number of benzene rings is 2. The van der Waals surface area contributed by atoms with Crippen LogP contribution in [0.4, 0.5) is 0 Å². The van der Waals surface area contributed by atoms with Gasteiger partial charge < -0.3 is 25.0 Å². The van der Waals surface area contributed by atoms with Gasteiger partial charge in [-0.1, -0.05) is 37.3 Å². The molecule has 0 saturated heterocycles. The quantitative estimate of drug-likeness (QED) is 0.256. The summed E-state index contributed by atoms with van der Waals surface area (Å²) >= 11 is 0. The third kappa shape index (κ3) is 9.35. The predicted octanol–water partition coefficient (Wildman–Crippen LogP) is 4.07. The van der Waals surface area contributed by atoms with Crippen molar-refractivity contribution in [1.82, 2.24) is 15.5 Å². The van der Waals surface area contributed by atoms with Gasteiger partial charge in [-0.3, -0.25) is 0 Å². The Morgan fingerprint density at radius 2 is 1.68 bits per heavy atom. The Hall–Kier alpha value is -2.00. The molecule has 0 aliphatic heterocycles. The van der Waals surface area contributed by atoms with E-state index in [1.54, 1.807) is 14.2 Å². The van der Waals surface area contributed by atoms with Crippen LogP contribution in [0.2, 0.25) is 0 Å². The lowest BCUT2D eigenvalue weighted by molar-refractivity contribution is 0.345. The van der Waals surface area contributed by atoms with E-state index in [1.165, 1.54) is 16.7 Å². The first-order valence-corrected chi connectivity index (χ1v) is 10.6. The van der Waals surface area contributed by atoms with Crippen molar-refractivity contribution in [2.24, 2.45) is 4.99 Å². The molecule has 0 aliphatic carbocycles. The summed E-state index contributed by atoms with van der Waals surface area (Å²) in [7, 11) is 5.44. The van der Waals surface area contributed by atoms with Crippen LogP contribution >= 0.6 is 24.0 Å². The van der Waals surface area contributed by atoms with Gasteiger partial charge in [0.2, 0.25) is 0 Å².